The lowest BCUT2D eigenvalue weighted by Gasteiger charge is -2.32. The molecule has 0 radical (unpaired) electrons. The van der Waals surface area contributed by atoms with E-state index in [2.05, 4.69) is 20.5 Å². The number of nitrogens with one attached hydrogen (secondary N) is 1. The van der Waals surface area contributed by atoms with Gasteiger partial charge in [-0.15, -0.1) is 12.4 Å². The number of benzene rings is 1. The zero-order valence-corrected chi connectivity index (χ0v) is 18.6. The van der Waals surface area contributed by atoms with Crippen molar-refractivity contribution in [1.82, 2.24) is 34.8 Å². The first-order valence-corrected chi connectivity index (χ1v) is 10.4. The van der Waals surface area contributed by atoms with Gasteiger partial charge in [0, 0.05) is 37.3 Å². The molecule has 1 saturated heterocycles. The Balaban J connectivity index is 0.00000245. The lowest BCUT2D eigenvalue weighted by molar-refractivity contribution is 0.0651. The number of halogens is 3. The van der Waals surface area contributed by atoms with E-state index >= 15 is 0 Å². The van der Waals surface area contributed by atoms with Crippen molar-refractivity contribution < 1.29 is 13.6 Å². The Morgan fingerprint density at radius 2 is 1.97 bits per heavy atom. The van der Waals surface area contributed by atoms with Crippen LogP contribution in [0.25, 0.3) is 11.3 Å². The van der Waals surface area contributed by atoms with Crippen LogP contribution < -0.4 is 5.32 Å². The molecule has 1 amide bonds. The third-order valence-corrected chi connectivity index (χ3v) is 6.18. The normalized spacial score (nSPS) is 20.2. The molecule has 2 unspecified atom stereocenters. The molecule has 3 aromatic rings. The highest BCUT2D eigenvalue weighted by molar-refractivity contribution is 5.91. The number of fused-ring (bicyclic) bond motifs is 1. The summed E-state index contributed by atoms with van der Waals surface area (Å²) in [6.07, 6.45) is 2.85. The fourth-order valence-electron chi connectivity index (χ4n) is 4.72. The molecule has 32 heavy (non-hydrogen) atoms. The van der Waals surface area contributed by atoms with Crippen LogP contribution in [0.5, 0.6) is 0 Å². The molecule has 170 valence electrons. The zero-order chi connectivity index (χ0) is 21.7. The van der Waals surface area contributed by atoms with Crippen molar-refractivity contribution in [2.75, 3.05) is 19.6 Å². The van der Waals surface area contributed by atoms with Crippen LogP contribution in [0, 0.1) is 11.6 Å². The van der Waals surface area contributed by atoms with Crippen LogP contribution >= 0.6 is 12.4 Å². The topological polar surface area (TPSA) is 80.9 Å². The Morgan fingerprint density at radius 1 is 1.22 bits per heavy atom. The predicted molar refractivity (Wildman–Crippen MR) is 116 cm³/mol. The van der Waals surface area contributed by atoms with Crippen LogP contribution in [0.3, 0.4) is 0 Å². The molecule has 0 aliphatic carbocycles. The van der Waals surface area contributed by atoms with Crippen LogP contribution in [0.4, 0.5) is 8.78 Å². The van der Waals surface area contributed by atoms with E-state index in [0.29, 0.717) is 30.0 Å². The van der Waals surface area contributed by atoms with Gasteiger partial charge in [-0.25, -0.2) is 18.4 Å². The summed E-state index contributed by atoms with van der Waals surface area (Å²) in [7, 11) is 1.75. The van der Waals surface area contributed by atoms with Crippen LogP contribution in [-0.4, -0.2) is 55.0 Å². The second-order valence-corrected chi connectivity index (χ2v) is 8.09. The molecular formula is C21H24ClF2N7O. The summed E-state index contributed by atoms with van der Waals surface area (Å²) in [4.78, 5) is 19.3. The maximum atomic E-state index is 13.8. The van der Waals surface area contributed by atoms with Crippen molar-refractivity contribution in [1.29, 1.82) is 0 Å². The van der Waals surface area contributed by atoms with E-state index in [9.17, 15) is 13.6 Å². The highest BCUT2D eigenvalue weighted by atomic mass is 35.5. The van der Waals surface area contributed by atoms with Crippen LogP contribution in [0.1, 0.15) is 47.3 Å². The number of amides is 1. The van der Waals surface area contributed by atoms with Crippen LogP contribution in [-0.2, 0) is 13.5 Å². The van der Waals surface area contributed by atoms with Gasteiger partial charge in [-0.05, 0) is 38.4 Å². The van der Waals surface area contributed by atoms with Crippen LogP contribution in [0.2, 0.25) is 0 Å². The number of rotatable bonds is 3. The van der Waals surface area contributed by atoms with Gasteiger partial charge in [0.25, 0.3) is 5.91 Å². The van der Waals surface area contributed by atoms with E-state index in [1.165, 1.54) is 18.5 Å². The minimum Gasteiger partial charge on any atom is -0.327 e. The first kappa shape index (κ1) is 22.3. The summed E-state index contributed by atoms with van der Waals surface area (Å²) in [5, 5.41) is 12.2. The number of carbonyl (C=O) groups is 1. The van der Waals surface area contributed by atoms with E-state index in [1.807, 2.05) is 6.92 Å². The fraction of sp³-hybridized carbons (Fsp3) is 0.429. The smallest absolute Gasteiger partial charge is 0.291 e. The van der Waals surface area contributed by atoms with E-state index < -0.39 is 11.6 Å². The van der Waals surface area contributed by atoms with Gasteiger partial charge in [0.05, 0.1) is 23.5 Å². The summed E-state index contributed by atoms with van der Waals surface area (Å²) >= 11 is 0. The van der Waals surface area contributed by atoms with Crippen LogP contribution in [0.15, 0.2) is 24.5 Å². The number of hydrogen-bond donors (Lipinski definition) is 1. The van der Waals surface area contributed by atoms with Crippen molar-refractivity contribution in [3.8, 4) is 11.3 Å². The first-order chi connectivity index (χ1) is 14.9. The SMILES string of the molecule is CC1c2nn(C)c(-c3cc(F)cc(F)c3)c2CCN1C(=O)c1ncnn1C1CCNC1.Cl. The van der Waals surface area contributed by atoms with E-state index in [0.717, 1.165) is 36.8 Å². The molecule has 0 spiro atoms. The third kappa shape index (κ3) is 3.67. The summed E-state index contributed by atoms with van der Waals surface area (Å²) in [5.41, 5.74) is 2.75. The minimum atomic E-state index is -0.633. The highest BCUT2D eigenvalue weighted by Crippen LogP contribution is 2.36. The average molecular weight is 464 g/mol. The van der Waals surface area contributed by atoms with E-state index in [1.54, 1.807) is 21.3 Å². The maximum absolute atomic E-state index is 13.8. The number of aromatic nitrogens is 5. The first-order valence-electron chi connectivity index (χ1n) is 10.4. The van der Waals surface area contributed by atoms with Gasteiger partial charge in [-0.1, -0.05) is 0 Å². The number of carbonyl (C=O) groups excluding carboxylic acids is 1. The van der Waals surface area contributed by atoms with Gasteiger partial charge in [-0.2, -0.15) is 10.2 Å². The Hall–Kier alpha value is -2.85. The second-order valence-electron chi connectivity index (χ2n) is 8.09. The van der Waals surface area contributed by atoms with Crippen molar-refractivity contribution in [3.05, 3.63) is 53.2 Å². The van der Waals surface area contributed by atoms with Gasteiger partial charge < -0.3 is 10.2 Å². The average Bonchev–Trinajstić information content (AvgIpc) is 3.46. The van der Waals surface area contributed by atoms with E-state index in [4.69, 9.17) is 0 Å². The largest absolute Gasteiger partial charge is 0.327 e. The van der Waals surface area contributed by atoms with Crippen molar-refractivity contribution in [3.63, 3.8) is 0 Å². The lowest BCUT2D eigenvalue weighted by Crippen LogP contribution is -2.40. The second kappa shape index (κ2) is 8.59. The van der Waals surface area contributed by atoms with Gasteiger partial charge in [0.15, 0.2) is 0 Å². The predicted octanol–water partition coefficient (Wildman–Crippen LogP) is 2.67. The number of nitrogens with zero attached hydrogens (tertiary/aromatic N) is 6. The Morgan fingerprint density at radius 3 is 2.66 bits per heavy atom. The Labute approximate surface area is 190 Å². The molecule has 2 atom stereocenters. The molecule has 2 aromatic heterocycles. The summed E-state index contributed by atoms with van der Waals surface area (Å²) in [5.74, 6) is -1.13. The molecule has 1 aromatic carbocycles. The summed E-state index contributed by atoms with van der Waals surface area (Å²) < 4.78 is 31.0. The van der Waals surface area contributed by atoms with Gasteiger partial charge in [0.1, 0.15) is 18.0 Å². The molecule has 8 nitrogen and oxygen atoms in total. The van der Waals surface area contributed by atoms with Gasteiger partial charge in [0.2, 0.25) is 5.82 Å². The quantitative estimate of drug-likeness (QED) is 0.646. The number of hydrogen-bond acceptors (Lipinski definition) is 5. The molecule has 0 saturated carbocycles. The van der Waals surface area contributed by atoms with Crippen molar-refractivity contribution in [2.24, 2.45) is 7.05 Å². The summed E-state index contributed by atoms with van der Waals surface area (Å²) in [6.45, 7) is 4.02. The lowest BCUT2D eigenvalue weighted by atomic mass is 9.95. The minimum absolute atomic E-state index is 0. The zero-order valence-electron chi connectivity index (χ0n) is 17.8. The molecular weight excluding hydrogens is 440 g/mol. The molecule has 2 aliphatic heterocycles. The van der Waals surface area contributed by atoms with E-state index in [-0.39, 0.29) is 30.4 Å². The third-order valence-electron chi connectivity index (χ3n) is 6.18. The molecule has 2 aliphatic rings. The standard InChI is InChI=1S/C21H23F2N7O.ClH/c1-12-18-17(19(28(2)27-18)13-7-14(22)9-15(23)8-13)4-6-29(12)21(31)20-25-11-26-30(20)16-3-5-24-10-16;/h7-9,11-12,16,24H,3-6,10H2,1-2H3;1H. The number of aryl methyl sites for hydroxylation is 1. The molecule has 0 bridgehead atoms. The molecule has 5 rings (SSSR count). The Bertz CT molecular complexity index is 1130. The fourth-order valence-corrected chi connectivity index (χ4v) is 4.72. The van der Waals surface area contributed by atoms with Crippen molar-refractivity contribution in [2.45, 2.75) is 31.8 Å². The molecule has 11 heteroatoms. The van der Waals surface area contributed by atoms with Crippen molar-refractivity contribution >= 4 is 18.3 Å². The maximum Gasteiger partial charge on any atom is 0.291 e. The molecule has 1 N–H and O–H groups in total. The Kier molecular flexibility index (Phi) is 6.00. The van der Waals surface area contributed by atoms with Gasteiger partial charge in [-0.3, -0.25) is 9.48 Å². The summed E-state index contributed by atoms with van der Waals surface area (Å²) in [6, 6.07) is 3.27. The molecule has 1 fully saturated rings. The highest BCUT2D eigenvalue weighted by Gasteiger charge is 2.36. The monoisotopic (exact) mass is 463 g/mol. The van der Waals surface area contributed by atoms with Gasteiger partial charge >= 0.3 is 0 Å². The molecule has 4 heterocycles.